The Morgan fingerprint density at radius 1 is 1.55 bits per heavy atom. The first-order chi connectivity index (χ1) is 9.51. The van der Waals surface area contributed by atoms with E-state index in [2.05, 4.69) is 22.5 Å². The lowest BCUT2D eigenvalue weighted by molar-refractivity contribution is -0.385. The summed E-state index contributed by atoms with van der Waals surface area (Å²) in [7, 11) is 1.62. The Hall–Kier alpha value is -2.18. The summed E-state index contributed by atoms with van der Waals surface area (Å²) >= 11 is 0. The molecule has 2 rings (SSSR count). The molecule has 0 unspecified atom stereocenters. The molecule has 1 fully saturated rings. The second kappa shape index (κ2) is 5.44. The van der Waals surface area contributed by atoms with Crippen LogP contribution in [-0.2, 0) is 0 Å². The zero-order valence-electron chi connectivity index (χ0n) is 11.6. The van der Waals surface area contributed by atoms with E-state index in [-0.39, 0.29) is 22.6 Å². The van der Waals surface area contributed by atoms with Crippen molar-refractivity contribution in [3.63, 3.8) is 0 Å². The first-order valence-corrected chi connectivity index (χ1v) is 6.62. The van der Waals surface area contributed by atoms with E-state index in [1.807, 2.05) is 0 Å². The van der Waals surface area contributed by atoms with Crippen LogP contribution in [0.2, 0.25) is 0 Å². The first kappa shape index (κ1) is 14.2. The van der Waals surface area contributed by atoms with Gasteiger partial charge in [0.2, 0.25) is 0 Å². The van der Waals surface area contributed by atoms with Gasteiger partial charge in [0.05, 0.1) is 10.5 Å². The number of anilines is 1. The van der Waals surface area contributed by atoms with Gasteiger partial charge < -0.3 is 10.6 Å². The summed E-state index contributed by atoms with van der Waals surface area (Å²) in [6.45, 7) is 2.71. The van der Waals surface area contributed by atoms with Crippen LogP contribution < -0.4 is 10.6 Å². The predicted molar refractivity (Wildman–Crippen MR) is 74.7 cm³/mol. The minimum absolute atomic E-state index is 0.189. The van der Waals surface area contributed by atoms with Crippen molar-refractivity contribution in [2.45, 2.75) is 26.2 Å². The predicted octanol–water partition coefficient (Wildman–Crippen LogP) is 1.95. The van der Waals surface area contributed by atoms with Crippen molar-refractivity contribution in [2.24, 2.45) is 5.41 Å². The number of nitro groups is 1. The van der Waals surface area contributed by atoms with Gasteiger partial charge in [-0.2, -0.15) is 0 Å². The van der Waals surface area contributed by atoms with E-state index in [4.69, 9.17) is 0 Å². The quantitative estimate of drug-likeness (QED) is 0.612. The number of carbonyl (C=O) groups excluding carboxylic acids is 1. The molecule has 20 heavy (non-hydrogen) atoms. The highest BCUT2D eigenvalue weighted by Crippen LogP contribution is 2.47. The van der Waals surface area contributed by atoms with Gasteiger partial charge in [0.1, 0.15) is 12.0 Å². The molecule has 0 radical (unpaired) electrons. The fraction of sp³-hybridized carbons (Fsp3) is 0.538. The van der Waals surface area contributed by atoms with Gasteiger partial charge in [0, 0.05) is 19.7 Å². The topological polar surface area (TPSA) is 97.2 Å². The van der Waals surface area contributed by atoms with Crippen molar-refractivity contribution in [2.75, 3.05) is 18.9 Å². The van der Waals surface area contributed by atoms with Crippen LogP contribution in [0.5, 0.6) is 0 Å². The third-order valence-electron chi connectivity index (χ3n) is 3.90. The Kier molecular flexibility index (Phi) is 3.87. The lowest BCUT2D eigenvalue weighted by Gasteiger charge is -2.14. The number of rotatable bonds is 6. The SMILES string of the molecule is CCC1(CNC(=O)c2cc([N+](=O)[O-])cnc2NC)CC1. The third-order valence-corrected chi connectivity index (χ3v) is 3.90. The highest BCUT2D eigenvalue weighted by molar-refractivity contribution is 5.99. The second-order valence-electron chi connectivity index (χ2n) is 5.13. The number of pyridine rings is 1. The van der Waals surface area contributed by atoms with E-state index in [9.17, 15) is 14.9 Å². The molecule has 1 aliphatic carbocycles. The Morgan fingerprint density at radius 3 is 2.75 bits per heavy atom. The molecule has 0 atom stereocenters. The van der Waals surface area contributed by atoms with Crippen molar-refractivity contribution >= 4 is 17.4 Å². The van der Waals surface area contributed by atoms with Gasteiger partial charge in [0.25, 0.3) is 11.6 Å². The van der Waals surface area contributed by atoms with Crippen LogP contribution in [0, 0.1) is 15.5 Å². The molecule has 1 aromatic rings. The van der Waals surface area contributed by atoms with Crippen LogP contribution in [0.4, 0.5) is 11.5 Å². The van der Waals surface area contributed by atoms with E-state index in [1.54, 1.807) is 7.05 Å². The van der Waals surface area contributed by atoms with Crippen LogP contribution in [-0.4, -0.2) is 29.4 Å². The van der Waals surface area contributed by atoms with Gasteiger partial charge in [-0.1, -0.05) is 6.92 Å². The molecular weight excluding hydrogens is 260 g/mol. The third kappa shape index (κ3) is 2.87. The molecule has 7 nitrogen and oxygen atoms in total. The first-order valence-electron chi connectivity index (χ1n) is 6.62. The molecule has 2 N–H and O–H groups in total. The van der Waals surface area contributed by atoms with Crippen molar-refractivity contribution in [3.8, 4) is 0 Å². The van der Waals surface area contributed by atoms with Crippen LogP contribution >= 0.6 is 0 Å². The van der Waals surface area contributed by atoms with Crippen molar-refractivity contribution in [1.29, 1.82) is 0 Å². The number of nitrogens with one attached hydrogen (secondary N) is 2. The number of nitrogens with zero attached hydrogens (tertiary/aromatic N) is 2. The summed E-state index contributed by atoms with van der Waals surface area (Å²) in [5, 5.41) is 16.4. The molecule has 1 amide bonds. The molecule has 108 valence electrons. The van der Waals surface area contributed by atoms with E-state index < -0.39 is 4.92 Å². The monoisotopic (exact) mass is 278 g/mol. The standard InChI is InChI=1S/C13H18N4O3/c1-3-13(4-5-13)8-16-12(18)10-6-9(17(19)20)7-15-11(10)14-2/h6-7H,3-5,8H2,1-2H3,(H,14,15)(H,16,18). The van der Waals surface area contributed by atoms with Crippen molar-refractivity contribution < 1.29 is 9.72 Å². The van der Waals surface area contributed by atoms with Crippen molar-refractivity contribution in [1.82, 2.24) is 10.3 Å². The molecular formula is C13H18N4O3. The smallest absolute Gasteiger partial charge is 0.288 e. The molecule has 0 bridgehead atoms. The van der Waals surface area contributed by atoms with Crippen LogP contribution in [0.3, 0.4) is 0 Å². The summed E-state index contributed by atoms with van der Waals surface area (Å²) in [6.07, 6.45) is 4.40. The zero-order valence-corrected chi connectivity index (χ0v) is 11.6. The highest BCUT2D eigenvalue weighted by Gasteiger charge is 2.40. The lowest BCUT2D eigenvalue weighted by Crippen LogP contribution is -2.30. The Balaban J connectivity index is 2.15. The molecule has 1 aliphatic rings. The fourth-order valence-corrected chi connectivity index (χ4v) is 2.12. The molecule has 1 aromatic heterocycles. The van der Waals surface area contributed by atoms with Gasteiger partial charge in [-0.3, -0.25) is 14.9 Å². The minimum atomic E-state index is -0.558. The maximum Gasteiger partial charge on any atom is 0.288 e. The molecule has 0 aromatic carbocycles. The van der Waals surface area contributed by atoms with E-state index in [0.717, 1.165) is 25.5 Å². The summed E-state index contributed by atoms with van der Waals surface area (Å²) in [5.41, 5.74) is 0.239. The van der Waals surface area contributed by atoms with Crippen molar-refractivity contribution in [3.05, 3.63) is 27.9 Å². The lowest BCUT2D eigenvalue weighted by atomic mass is 10.0. The van der Waals surface area contributed by atoms with Crippen LogP contribution in [0.25, 0.3) is 0 Å². The molecule has 7 heteroatoms. The molecule has 0 saturated heterocycles. The maximum atomic E-state index is 12.2. The van der Waals surface area contributed by atoms with Gasteiger partial charge in [-0.25, -0.2) is 4.98 Å². The van der Waals surface area contributed by atoms with E-state index in [0.29, 0.717) is 12.4 Å². The highest BCUT2D eigenvalue weighted by atomic mass is 16.6. The normalized spacial score (nSPS) is 15.5. The largest absolute Gasteiger partial charge is 0.372 e. The summed E-state index contributed by atoms with van der Waals surface area (Å²) in [4.78, 5) is 26.3. The molecule has 1 saturated carbocycles. The summed E-state index contributed by atoms with van der Waals surface area (Å²) in [5.74, 6) is 0.0136. The van der Waals surface area contributed by atoms with E-state index >= 15 is 0 Å². The van der Waals surface area contributed by atoms with Gasteiger partial charge >= 0.3 is 0 Å². The number of hydrogen-bond acceptors (Lipinski definition) is 5. The number of aromatic nitrogens is 1. The van der Waals surface area contributed by atoms with E-state index in [1.165, 1.54) is 6.07 Å². The fourth-order valence-electron chi connectivity index (χ4n) is 2.12. The number of hydrogen-bond donors (Lipinski definition) is 2. The molecule has 0 aliphatic heterocycles. The average Bonchev–Trinajstić information content (AvgIpc) is 3.24. The Morgan fingerprint density at radius 2 is 2.25 bits per heavy atom. The minimum Gasteiger partial charge on any atom is -0.372 e. The molecule has 1 heterocycles. The van der Waals surface area contributed by atoms with Gasteiger partial charge in [-0.05, 0) is 24.7 Å². The zero-order chi connectivity index (χ0) is 14.8. The summed E-state index contributed by atoms with van der Waals surface area (Å²) < 4.78 is 0. The van der Waals surface area contributed by atoms with Gasteiger partial charge in [-0.15, -0.1) is 0 Å². The number of amides is 1. The Bertz CT molecular complexity index is 540. The summed E-state index contributed by atoms with van der Waals surface area (Å²) in [6, 6.07) is 1.25. The van der Waals surface area contributed by atoms with Gasteiger partial charge in [0.15, 0.2) is 0 Å². The Labute approximate surface area is 116 Å². The van der Waals surface area contributed by atoms with Crippen LogP contribution in [0.15, 0.2) is 12.3 Å². The number of carbonyl (C=O) groups is 1. The molecule has 0 spiro atoms. The maximum absolute atomic E-state index is 12.2. The second-order valence-corrected chi connectivity index (χ2v) is 5.13. The average molecular weight is 278 g/mol. The van der Waals surface area contributed by atoms with Crippen LogP contribution in [0.1, 0.15) is 36.5 Å².